The molecule has 148 valence electrons. The van der Waals surface area contributed by atoms with E-state index in [2.05, 4.69) is 42.2 Å². The van der Waals surface area contributed by atoms with Crippen molar-refractivity contribution in [3.63, 3.8) is 0 Å². The van der Waals surface area contributed by atoms with Gasteiger partial charge in [-0.25, -0.2) is 0 Å². The molecule has 0 aliphatic carbocycles. The average molecular weight is 518 g/mol. The molecule has 3 rings (SSSR count). The molecule has 0 saturated heterocycles. The number of halogens is 2. The van der Waals surface area contributed by atoms with Crippen LogP contribution in [0.3, 0.4) is 0 Å². The number of rotatable bonds is 6. The number of nitrogens with zero attached hydrogens (tertiary/aromatic N) is 1. The Morgan fingerprint density at radius 1 is 1.07 bits per heavy atom. The minimum atomic E-state index is -0.184. The molecule has 0 spiro atoms. The maximum absolute atomic E-state index is 12.3. The maximum atomic E-state index is 12.3. The van der Waals surface area contributed by atoms with Gasteiger partial charge in [0.05, 0.1) is 12.3 Å². The quantitative estimate of drug-likeness (QED) is 0.376. The maximum Gasteiger partial charge on any atom is 0.255 e. The second-order valence-electron chi connectivity index (χ2n) is 6.04. The summed E-state index contributed by atoms with van der Waals surface area (Å²) in [5, 5.41) is 13.2. The normalized spacial score (nSPS) is 10.9. The number of anilines is 1. The highest BCUT2D eigenvalue weighted by Crippen LogP contribution is 2.33. The van der Waals surface area contributed by atoms with Crippen LogP contribution in [0.5, 0.6) is 11.5 Å². The topological polar surface area (TPSA) is 70.9 Å². The zero-order valence-electron chi connectivity index (χ0n) is 15.5. The van der Waals surface area contributed by atoms with Crippen molar-refractivity contribution in [1.82, 2.24) is 0 Å². The summed E-state index contributed by atoms with van der Waals surface area (Å²) in [6.07, 6.45) is 1.57. The Hall–Kier alpha value is -2.64. The Bertz CT molecular complexity index is 1030. The van der Waals surface area contributed by atoms with E-state index in [1.165, 1.54) is 0 Å². The zero-order valence-corrected chi connectivity index (χ0v) is 18.7. The Morgan fingerprint density at radius 2 is 1.76 bits per heavy atom. The van der Waals surface area contributed by atoms with Gasteiger partial charge in [-0.3, -0.25) is 9.79 Å². The minimum Gasteiger partial charge on any atom is -0.504 e. The van der Waals surface area contributed by atoms with Gasteiger partial charge < -0.3 is 15.2 Å². The number of ether oxygens (including phenoxy) is 1. The number of aromatic hydroxyl groups is 1. The summed E-state index contributed by atoms with van der Waals surface area (Å²) in [6, 6.07) is 17.7. The van der Waals surface area contributed by atoms with Crippen molar-refractivity contribution >= 4 is 55.4 Å². The van der Waals surface area contributed by atoms with Crippen LogP contribution in [-0.4, -0.2) is 23.8 Å². The van der Waals surface area contributed by atoms with Crippen LogP contribution in [0.25, 0.3) is 0 Å². The molecule has 7 heteroatoms. The molecule has 0 radical (unpaired) electrons. The van der Waals surface area contributed by atoms with Gasteiger partial charge in [0, 0.05) is 32.0 Å². The highest BCUT2D eigenvalue weighted by Gasteiger charge is 2.09. The monoisotopic (exact) mass is 516 g/mol. The first-order valence-corrected chi connectivity index (χ1v) is 10.4. The molecule has 0 aliphatic rings. The number of phenolic OH excluding ortho intramolecular Hbond substituents is 1. The molecule has 2 N–H and O–H groups in total. The van der Waals surface area contributed by atoms with Gasteiger partial charge in [0.15, 0.2) is 11.5 Å². The van der Waals surface area contributed by atoms with Crippen molar-refractivity contribution in [2.24, 2.45) is 4.99 Å². The number of aliphatic imine (C=N–C) groups is 1. The molecule has 0 saturated carbocycles. The van der Waals surface area contributed by atoms with Crippen LogP contribution in [0.4, 0.5) is 11.4 Å². The number of benzene rings is 3. The van der Waals surface area contributed by atoms with Crippen molar-refractivity contribution in [2.75, 3.05) is 11.9 Å². The second kappa shape index (κ2) is 9.71. The Balaban J connectivity index is 1.71. The van der Waals surface area contributed by atoms with Crippen LogP contribution in [0.1, 0.15) is 22.8 Å². The summed E-state index contributed by atoms with van der Waals surface area (Å²) in [6.45, 7) is 2.30. The lowest BCUT2D eigenvalue weighted by Crippen LogP contribution is -2.11. The molecule has 0 unspecified atom stereocenters. The van der Waals surface area contributed by atoms with E-state index in [-0.39, 0.29) is 11.7 Å². The van der Waals surface area contributed by atoms with Crippen LogP contribution in [0, 0.1) is 0 Å². The first kappa shape index (κ1) is 21.1. The third kappa shape index (κ3) is 5.68. The third-order valence-corrected chi connectivity index (χ3v) is 4.94. The molecular formula is C22H18Br2N2O3. The molecule has 0 bridgehead atoms. The van der Waals surface area contributed by atoms with Gasteiger partial charge in [-0.2, -0.15) is 0 Å². The average Bonchev–Trinajstić information content (AvgIpc) is 2.71. The number of amides is 1. The highest BCUT2D eigenvalue weighted by atomic mass is 79.9. The van der Waals surface area contributed by atoms with E-state index >= 15 is 0 Å². The number of phenols is 1. The van der Waals surface area contributed by atoms with Crippen molar-refractivity contribution in [1.29, 1.82) is 0 Å². The smallest absolute Gasteiger partial charge is 0.255 e. The Labute approximate surface area is 185 Å². The molecule has 5 nitrogen and oxygen atoms in total. The molecule has 0 fully saturated rings. The van der Waals surface area contributed by atoms with E-state index in [0.717, 1.165) is 8.95 Å². The number of carbonyl (C=O) groups is 1. The van der Waals surface area contributed by atoms with E-state index in [9.17, 15) is 9.90 Å². The van der Waals surface area contributed by atoms with Crippen LogP contribution in [0.15, 0.2) is 74.6 Å². The fraction of sp³-hybridized carbons (Fsp3) is 0.0909. The predicted molar refractivity (Wildman–Crippen MR) is 123 cm³/mol. The molecular weight excluding hydrogens is 500 g/mol. The van der Waals surface area contributed by atoms with E-state index in [4.69, 9.17) is 4.74 Å². The van der Waals surface area contributed by atoms with E-state index in [1.807, 2.05) is 19.1 Å². The largest absolute Gasteiger partial charge is 0.504 e. The molecule has 3 aromatic carbocycles. The van der Waals surface area contributed by atoms with Crippen LogP contribution < -0.4 is 10.1 Å². The minimum absolute atomic E-state index is 0.0391. The lowest BCUT2D eigenvalue weighted by Gasteiger charge is -2.09. The lowest BCUT2D eigenvalue weighted by atomic mass is 10.2. The summed E-state index contributed by atoms with van der Waals surface area (Å²) < 4.78 is 7.12. The van der Waals surface area contributed by atoms with Crippen molar-refractivity contribution in [3.05, 3.63) is 80.7 Å². The molecule has 3 aromatic rings. The second-order valence-corrected chi connectivity index (χ2v) is 7.87. The van der Waals surface area contributed by atoms with E-state index in [1.54, 1.807) is 54.7 Å². The SMILES string of the molecule is CCOc1cc(Br)cc(C=Nc2ccc(NC(=O)c3ccc(Br)cc3)cc2)c1O. The third-order valence-electron chi connectivity index (χ3n) is 3.95. The standard InChI is InChI=1S/C22H18Br2N2O3/c1-2-29-20-12-17(24)11-15(21(20)27)13-25-18-7-9-19(10-8-18)26-22(28)14-3-5-16(23)6-4-14/h3-13,27H,2H2,1H3,(H,26,28). The van der Waals surface area contributed by atoms with Gasteiger partial charge in [0.1, 0.15) is 0 Å². The number of carbonyl (C=O) groups excluding carboxylic acids is 1. The first-order valence-electron chi connectivity index (χ1n) is 8.82. The summed E-state index contributed by atoms with van der Waals surface area (Å²) in [5.41, 5.74) is 2.46. The zero-order chi connectivity index (χ0) is 20.8. The Kier molecular flexibility index (Phi) is 7.06. The predicted octanol–water partition coefficient (Wildman–Crippen LogP) is 6.32. The van der Waals surface area contributed by atoms with Gasteiger partial charge in [-0.05, 0) is 67.6 Å². The van der Waals surface area contributed by atoms with Gasteiger partial charge in [-0.1, -0.05) is 31.9 Å². The molecule has 0 aliphatic heterocycles. The van der Waals surface area contributed by atoms with E-state index in [0.29, 0.717) is 34.9 Å². The number of nitrogens with one attached hydrogen (secondary N) is 1. The summed E-state index contributed by atoms with van der Waals surface area (Å²) in [5.74, 6) is 0.253. The summed E-state index contributed by atoms with van der Waals surface area (Å²) >= 11 is 6.75. The molecule has 29 heavy (non-hydrogen) atoms. The molecule has 1 amide bonds. The molecule has 0 aromatic heterocycles. The van der Waals surface area contributed by atoms with Crippen molar-refractivity contribution in [3.8, 4) is 11.5 Å². The number of hydrogen-bond donors (Lipinski definition) is 2. The number of hydrogen-bond acceptors (Lipinski definition) is 4. The van der Waals surface area contributed by atoms with Gasteiger partial charge in [0.25, 0.3) is 5.91 Å². The highest BCUT2D eigenvalue weighted by molar-refractivity contribution is 9.10. The lowest BCUT2D eigenvalue weighted by molar-refractivity contribution is 0.102. The summed E-state index contributed by atoms with van der Waals surface area (Å²) in [4.78, 5) is 16.7. The summed E-state index contributed by atoms with van der Waals surface area (Å²) in [7, 11) is 0. The molecule has 0 heterocycles. The van der Waals surface area contributed by atoms with E-state index < -0.39 is 0 Å². The fourth-order valence-corrected chi connectivity index (χ4v) is 3.26. The van der Waals surface area contributed by atoms with Crippen LogP contribution in [-0.2, 0) is 0 Å². The first-order chi connectivity index (χ1) is 14.0. The van der Waals surface area contributed by atoms with Gasteiger partial charge in [0.2, 0.25) is 0 Å². The van der Waals surface area contributed by atoms with Crippen molar-refractivity contribution in [2.45, 2.75) is 6.92 Å². The van der Waals surface area contributed by atoms with Gasteiger partial charge in [-0.15, -0.1) is 0 Å². The van der Waals surface area contributed by atoms with Gasteiger partial charge >= 0.3 is 0 Å². The van der Waals surface area contributed by atoms with Crippen LogP contribution >= 0.6 is 31.9 Å². The van der Waals surface area contributed by atoms with Crippen LogP contribution in [0.2, 0.25) is 0 Å². The molecule has 0 atom stereocenters. The Morgan fingerprint density at radius 3 is 2.41 bits per heavy atom. The van der Waals surface area contributed by atoms with Crippen molar-refractivity contribution < 1.29 is 14.6 Å². The fourth-order valence-electron chi connectivity index (χ4n) is 2.54.